The summed E-state index contributed by atoms with van der Waals surface area (Å²) in [6.45, 7) is 12.3. The minimum absolute atomic E-state index is 0.108. The summed E-state index contributed by atoms with van der Waals surface area (Å²) in [5, 5.41) is 20.8. The monoisotopic (exact) mass is 428 g/mol. The molecule has 4 fully saturated rings. The van der Waals surface area contributed by atoms with Crippen LogP contribution in [0.25, 0.3) is 0 Å². The van der Waals surface area contributed by atoms with Gasteiger partial charge in [0.15, 0.2) is 0 Å². The number of fused-ring (bicyclic) bond motifs is 7. The van der Waals surface area contributed by atoms with Crippen molar-refractivity contribution in [1.29, 1.82) is 0 Å². The van der Waals surface area contributed by atoms with Gasteiger partial charge in [-0.15, -0.1) is 0 Å². The molecule has 31 heavy (non-hydrogen) atoms. The Hall–Kier alpha value is -0.830. The van der Waals surface area contributed by atoms with E-state index in [4.69, 9.17) is 0 Å². The van der Waals surface area contributed by atoms with Crippen LogP contribution in [-0.2, 0) is 4.79 Å². The fraction of sp³-hybridized carbons (Fsp3) is 0.893. The molecule has 0 heterocycles. The van der Waals surface area contributed by atoms with Crippen molar-refractivity contribution in [3.8, 4) is 0 Å². The molecule has 4 saturated carbocycles. The van der Waals surface area contributed by atoms with Crippen molar-refractivity contribution in [2.24, 2.45) is 44.8 Å². The molecule has 0 spiro atoms. The van der Waals surface area contributed by atoms with Gasteiger partial charge in [-0.05, 0) is 110 Å². The number of hydrogen-bond acceptors (Lipinski definition) is 2. The molecule has 0 aliphatic heterocycles. The molecule has 2 N–H and O–H groups in total. The molecule has 1 unspecified atom stereocenters. The number of aliphatic hydroxyl groups is 1. The summed E-state index contributed by atoms with van der Waals surface area (Å²) >= 11 is 0. The predicted molar refractivity (Wildman–Crippen MR) is 124 cm³/mol. The average molecular weight is 429 g/mol. The van der Waals surface area contributed by atoms with Crippen LogP contribution in [0.2, 0.25) is 0 Å². The molecule has 3 heteroatoms. The average Bonchev–Trinajstić information content (AvgIpc) is 2.69. The highest BCUT2D eigenvalue weighted by Gasteiger charge is 2.67. The SMILES string of the molecule is CC1(C)CC[C@]2(C(=O)O)CC[C@]3(C)C(=CC[C@@H]4[C@@]5(C)CC[C@H](O)CC5CC[C@]43C)[C@@H]2C1. The second-order valence-corrected chi connectivity index (χ2v) is 13.7. The molecule has 0 aromatic heterocycles. The largest absolute Gasteiger partial charge is 0.481 e. The Morgan fingerprint density at radius 1 is 0.968 bits per heavy atom. The Labute approximate surface area is 189 Å². The van der Waals surface area contributed by atoms with Crippen molar-refractivity contribution in [2.45, 2.75) is 111 Å². The Morgan fingerprint density at radius 2 is 1.68 bits per heavy atom. The fourth-order valence-corrected chi connectivity index (χ4v) is 9.75. The maximum Gasteiger partial charge on any atom is 0.310 e. The third kappa shape index (κ3) is 2.77. The highest BCUT2D eigenvalue weighted by atomic mass is 16.4. The minimum Gasteiger partial charge on any atom is -0.481 e. The summed E-state index contributed by atoms with van der Waals surface area (Å²) in [5.41, 5.74) is 1.85. The molecule has 174 valence electrons. The summed E-state index contributed by atoms with van der Waals surface area (Å²) in [6.07, 6.45) is 13.8. The number of carboxylic acid groups (broad SMARTS) is 1. The molecular formula is C28H44O3. The van der Waals surface area contributed by atoms with Crippen LogP contribution >= 0.6 is 0 Å². The van der Waals surface area contributed by atoms with E-state index in [1.54, 1.807) is 0 Å². The van der Waals surface area contributed by atoms with Gasteiger partial charge in [0.05, 0.1) is 11.5 Å². The first-order valence-electron chi connectivity index (χ1n) is 13.0. The molecule has 0 aromatic rings. The first kappa shape index (κ1) is 22.0. The van der Waals surface area contributed by atoms with E-state index in [1.165, 1.54) is 18.4 Å². The number of carbonyl (C=O) groups is 1. The van der Waals surface area contributed by atoms with Gasteiger partial charge in [0.2, 0.25) is 0 Å². The zero-order valence-electron chi connectivity index (χ0n) is 20.5. The molecule has 5 rings (SSSR count). The van der Waals surface area contributed by atoms with Gasteiger partial charge in [0.1, 0.15) is 0 Å². The van der Waals surface area contributed by atoms with E-state index in [-0.39, 0.29) is 28.3 Å². The Kier molecular flexibility index (Phi) is 4.69. The van der Waals surface area contributed by atoms with Crippen LogP contribution < -0.4 is 0 Å². The zero-order chi connectivity index (χ0) is 22.4. The first-order valence-corrected chi connectivity index (χ1v) is 13.0. The van der Waals surface area contributed by atoms with Gasteiger partial charge >= 0.3 is 5.97 Å². The topological polar surface area (TPSA) is 57.5 Å². The number of carboxylic acids is 1. The van der Waals surface area contributed by atoms with Gasteiger partial charge in [-0.2, -0.15) is 0 Å². The van der Waals surface area contributed by atoms with Gasteiger partial charge in [0.25, 0.3) is 0 Å². The van der Waals surface area contributed by atoms with Crippen molar-refractivity contribution < 1.29 is 15.0 Å². The van der Waals surface area contributed by atoms with Crippen molar-refractivity contribution in [3.05, 3.63) is 11.6 Å². The van der Waals surface area contributed by atoms with Crippen molar-refractivity contribution in [3.63, 3.8) is 0 Å². The van der Waals surface area contributed by atoms with Gasteiger partial charge < -0.3 is 10.2 Å². The summed E-state index contributed by atoms with van der Waals surface area (Å²) < 4.78 is 0. The van der Waals surface area contributed by atoms with Crippen LogP contribution in [-0.4, -0.2) is 22.3 Å². The lowest BCUT2D eigenvalue weighted by atomic mass is 9.35. The third-order valence-corrected chi connectivity index (χ3v) is 12.1. The van der Waals surface area contributed by atoms with E-state index in [2.05, 4.69) is 40.7 Å². The Morgan fingerprint density at radius 3 is 2.39 bits per heavy atom. The molecule has 5 aliphatic carbocycles. The number of aliphatic hydroxyl groups excluding tert-OH is 1. The quantitative estimate of drug-likeness (QED) is 0.463. The maximum atomic E-state index is 12.7. The van der Waals surface area contributed by atoms with Crippen LogP contribution in [0.15, 0.2) is 11.6 Å². The molecule has 8 atom stereocenters. The van der Waals surface area contributed by atoms with Gasteiger partial charge in [-0.3, -0.25) is 4.79 Å². The minimum atomic E-state index is -0.542. The van der Waals surface area contributed by atoms with E-state index in [0.29, 0.717) is 17.3 Å². The summed E-state index contributed by atoms with van der Waals surface area (Å²) in [4.78, 5) is 12.7. The molecule has 5 aliphatic rings. The molecular weight excluding hydrogens is 384 g/mol. The van der Waals surface area contributed by atoms with Gasteiger partial charge in [0, 0.05) is 0 Å². The van der Waals surface area contributed by atoms with E-state index < -0.39 is 11.4 Å². The lowest BCUT2D eigenvalue weighted by Crippen LogP contribution is -2.62. The van der Waals surface area contributed by atoms with E-state index in [9.17, 15) is 15.0 Å². The van der Waals surface area contributed by atoms with Crippen molar-refractivity contribution in [1.82, 2.24) is 0 Å². The second-order valence-electron chi connectivity index (χ2n) is 13.7. The normalized spacial score (nSPS) is 53.3. The maximum absolute atomic E-state index is 12.7. The third-order valence-electron chi connectivity index (χ3n) is 12.1. The van der Waals surface area contributed by atoms with Crippen LogP contribution in [0.4, 0.5) is 0 Å². The van der Waals surface area contributed by atoms with Gasteiger partial charge in [-0.1, -0.05) is 46.3 Å². The summed E-state index contributed by atoms with van der Waals surface area (Å²) in [7, 11) is 0. The van der Waals surface area contributed by atoms with E-state index in [1.807, 2.05) is 0 Å². The van der Waals surface area contributed by atoms with E-state index in [0.717, 1.165) is 57.8 Å². The lowest BCUT2D eigenvalue weighted by molar-refractivity contribution is -0.178. The second kappa shape index (κ2) is 6.61. The fourth-order valence-electron chi connectivity index (χ4n) is 9.75. The van der Waals surface area contributed by atoms with Crippen LogP contribution in [0.3, 0.4) is 0 Å². The molecule has 0 amide bonds. The number of aliphatic carboxylic acids is 1. The Bertz CT molecular complexity index is 813. The standard InChI is InChI=1S/C28H44O3/c1-24(2)12-14-28(23(30)31)15-13-26(4)20(21(28)17-24)6-7-22-25(3)10-9-19(29)16-18(25)8-11-27(22,26)5/h6,18-19,21-22,29H,7-17H2,1-5H3,(H,30,31)/t18?,19-,21-,22+,25-,26+,27+,28-/m0/s1. The number of rotatable bonds is 1. The Balaban J connectivity index is 1.58. The lowest BCUT2D eigenvalue weighted by Gasteiger charge is -2.69. The molecule has 0 bridgehead atoms. The van der Waals surface area contributed by atoms with Crippen LogP contribution in [0, 0.1) is 44.8 Å². The van der Waals surface area contributed by atoms with Gasteiger partial charge in [-0.25, -0.2) is 0 Å². The highest BCUT2D eigenvalue weighted by Crippen LogP contribution is 2.74. The van der Waals surface area contributed by atoms with E-state index >= 15 is 0 Å². The molecule has 0 saturated heterocycles. The summed E-state index contributed by atoms with van der Waals surface area (Å²) in [6, 6.07) is 0. The molecule has 0 aromatic carbocycles. The first-order chi connectivity index (χ1) is 14.4. The molecule has 3 nitrogen and oxygen atoms in total. The predicted octanol–water partition coefficient (Wildman–Crippen LogP) is 6.60. The zero-order valence-corrected chi connectivity index (χ0v) is 20.5. The van der Waals surface area contributed by atoms with Crippen LogP contribution in [0.1, 0.15) is 105 Å². The van der Waals surface area contributed by atoms with Crippen molar-refractivity contribution >= 4 is 5.97 Å². The smallest absolute Gasteiger partial charge is 0.310 e. The number of allylic oxidation sites excluding steroid dienone is 2. The molecule has 0 radical (unpaired) electrons. The summed E-state index contributed by atoms with van der Waals surface area (Å²) in [5.74, 6) is 0.946. The highest BCUT2D eigenvalue weighted by molar-refractivity contribution is 5.76. The van der Waals surface area contributed by atoms with Crippen molar-refractivity contribution in [2.75, 3.05) is 0 Å². The number of hydrogen-bond donors (Lipinski definition) is 2. The van der Waals surface area contributed by atoms with Crippen LogP contribution in [0.5, 0.6) is 0 Å².